The van der Waals surface area contributed by atoms with Gasteiger partial charge in [-0.05, 0) is 23.2 Å². The number of hydrogen-bond acceptors (Lipinski definition) is 3. The summed E-state index contributed by atoms with van der Waals surface area (Å²) in [6.07, 6.45) is 4.66. The van der Waals surface area contributed by atoms with Crippen LogP contribution in [-0.2, 0) is 5.41 Å². The molecule has 1 heterocycles. The second-order valence-corrected chi connectivity index (χ2v) is 6.79. The first-order chi connectivity index (χ1) is 9.58. The van der Waals surface area contributed by atoms with Crippen molar-refractivity contribution in [2.75, 3.05) is 5.75 Å². The molecule has 1 aromatic heterocycles. The summed E-state index contributed by atoms with van der Waals surface area (Å²) in [5, 5.41) is 0. The summed E-state index contributed by atoms with van der Waals surface area (Å²) < 4.78 is 0. The van der Waals surface area contributed by atoms with Crippen LogP contribution in [0.2, 0.25) is 0 Å². The van der Waals surface area contributed by atoms with Gasteiger partial charge in [0.2, 0.25) is 0 Å². The molecule has 0 bridgehead atoms. The molecular weight excluding hydrogens is 264 g/mol. The quantitative estimate of drug-likeness (QED) is 0.728. The third-order valence-electron chi connectivity index (χ3n) is 3.80. The van der Waals surface area contributed by atoms with Crippen LogP contribution in [0.25, 0.3) is 11.3 Å². The highest BCUT2D eigenvalue weighted by Gasteiger charge is 2.18. The van der Waals surface area contributed by atoms with E-state index in [0.29, 0.717) is 0 Å². The SMILES string of the molecule is CCSc1cncnc1-c1ccc(C(C)(C)CC)cc1. The molecule has 0 amide bonds. The maximum absolute atomic E-state index is 4.45. The molecule has 0 fully saturated rings. The zero-order valence-electron chi connectivity index (χ0n) is 12.7. The van der Waals surface area contributed by atoms with Gasteiger partial charge in [0.15, 0.2) is 0 Å². The molecule has 2 nitrogen and oxygen atoms in total. The van der Waals surface area contributed by atoms with Crippen molar-refractivity contribution in [2.24, 2.45) is 0 Å². The van der Waals surface area contributed by atoms with Crippen LogP contribution in [0.3, 0.4) is 0 Å². The van der Waals surface area contributed by atoms with E-state index in [1.54, 1.807) is 18.1 Å². The smallest absolute Gasteiger partial charge is 0.116 e. The van der Waals surface area contributed by atoms with Crippen molar-refractivity contribution >= 4 is 11.8 Å². The van der Waals surface area contributed by atoms with E-state index >= 15 is 0 Å². The van der Waals surface area contributed by atoms with Gasteiger partial charge in [-0.3, -0.25) is 0 Å². The molecule has 0 N–H and O–H groups in total. The van der Waals surface area contributed by atoms with Crippen molar-refractivity contribution in [3.63, 3.8) is 0 Å². The molecule has 0 unspecified atom stereocenters. The molecule has 0 spiro atoms. The average Bonchev–Trinajstić information content (AvgIpc) is 2.48. The summed E-state index contributed by atoms with van der Waals surface area (Å²) >= 11 is 1.79. The summed E-state index contributed by atoms with van der Waals surface area (Å²) in [5.74, 6) is 1.03. The van der Waals surface area contributed by atoms with Gasteiger partial charge in [-0.25, -0.2) is 9.97 Å². The number of thioether (sulfide) groups is 1. The molecule has 0 aliphatic carbocycles. The summed E-state index contributed by atoms with van der Waals surface area (Å²) in [6.45, 7) is 8.94. The van der Waals surface area contributed by atoms with Crippen LogP contribution in [0.4, 0.5) is 0 Å². The van der Waals surface area contributed by atoms with Gasteiger partial charge < -0.3 is 0 Å². The van der Waals surface area contributed by atoms with Crippen molar-refractivity contribution < 1.29 is 0 Å². The summed E-state index contributed by atoms with van der Waals surface area (Å²) in [4.78, 5) is 9.73. The largest absolute Gasteiger partial charge is 0.244 e. The zero-order valence-corrected chi connectivity index (χ0v) is 13.5. The number of benzene rings is 1. The van der Waals surface area contributed by atoms with Crippen molar-refractivity contribution in [1.29, 1.82) is 0 Å². The Labute approximate surface area is 126 Å². The van der Waals surface area contributed by atoms with Gasteiger partial charge in [0.05, 0.1) is 10.6 Å². The standard InChI is InChI=1S/C17H22N2S/c1-5-17(3,4)14-9-7-13(8-10-14)16-15(20-6-2)11-18-12-19-16/h7-12H,5-6H2,1-4H3. The Morgan fingerprint density at radius 2 is 1.80 bits per heavy atom. The average molecular weight is 286 g/mol. The lowest BCUT2D eigenvalue weighted by molar-refractivity contribution is 0.506. The highest BCUT2D eigenvalue weighted by atomic mass is 32.2. The lowest BCUT2D eigenvalue weighted by Gasteiger charge is -2.23. The fourth-order valence-corrected chi connectivity index (χ4v) is 2.83. The van der Waals surface area contributed by atoms with Gasteiger partial charge in [0.1, 0.15) is 6.33 Å². The Hall–Kier alpha value is -1.35. The van der Waals surface area contributed by atoms with Crippen molar-refractivity contribution in [2.45, 2.75) is 44.4 Å². The van der Waals surface area contributed by atoms with Crippen molar-refractivity contribution in [3.8, 4) is 11.3 Å². The number of aromatic nitrogens is 2. The topological polar surface area (TPSA) is 25.8 Å². The third-order valence-corrected chi connectivity index (χ3v) is 4.70. The molecule has 0 saturated heterocycles. The van der Waals surface area contributed by atoms with Crippen LogP contribution in [0.15, 0.2) is 41.7 Å². The van der Waals surface area contributed by atoms with Gasteiger partial charge >= 0.3 is 0 Å². The summed E-state index contributed by atoms with van der Waals surface area (Å²) in [5.41, 5.74) is 3.81. The molecule has 1 aromatic carbocycles. The molecule has 3 heteroatoms. The predicted octanol–water partition coefficient (Wildman–Crippen LogP) is 4.94. The van der Waals surface area contributed by atoms with Gasteiger partial charge in [-0.2, -0.15) is 0 Å². The van der Waals surface area contributed by atoms with E-state index in [9.17, 15) is 0 Å². The van der Waals surface area contributed by atoms with E-state index in [0.717, 1.165) is 22.8 Å². The van der Waals surface area contributed by atoms with Gasteiger partial charge in [0, 0.05) is 11.8 Å². The fraction of sp³-hybridized carbons (Fsp3) is 0.412. The highest BCUT2D eigenvalue weighted by molar-refractivity contribution is 7.99. The maximum Gasteiger partial charge on any atom is 0.116 e. The Morgan fingerprint density at radius 1 is 1.10 bits per heavy atom. The van der Waals surface area contributed by atoms with Gasteiger partial charge in [0.25, 0.3) is 0 Å². The highest BCUT2D eigenvalue weighted by Crippen LogP contribution is 2.31. The Morgan fingerprint density at radius 3 is 2.40 bits per heavy atom. The van der Waals surface area contributed by atoms with Gasteiger partial charge in [-0.15, -0.1) is 11.8 Å². The van der Waals surface area contributed by atoms with E-state index in [1.165, 1.54) is 11.1 Å². The Balaban J connectivity index is 2.35. The van der Waals surface area contributed by atoms with Crippen LogP contribution in [0.5, 0.6) is 0 Å². The fourth-order valence-electron chi connectivity index (χ4n) is 2.08. The predicted molar refractivity (Wildman–Crippen MR) is 87.2 cm³/mol. The number of rotatable bonds is 5. The van der Waals surface area contributed by atoms with Crippen LogP contribution < -0.4 is 0 Å². The first-order valence-electron chi connectivity index (χ1n) is 7.12. The lowest BCUT2D eigenvalue weighted by atomic mass is 9.82. The second kappa shape index (κ2) is 6.40. The van der Waals surface area contributed by atoms with Crippen LogP contribution in [-0.4, -0.2) is 15.7 Å². The molecule has 106 valence electrons. The van der Waals surface area contributed by atoms with E-state index in [-0.39, 0.29) is 5.41 Å². The third kappa shape index (κ3) is 3.21. The zero-order chi connectivity index (χ0) is 14.6. The molecule has 20 heavy (non-hydrogen) atoms. The molecule has 0 aliphatic rings. The Kier molecular flexibility index (Phi) is 4.81. The summed E-state index contributed by atoms with van der Waals surface area (Å²) in [7, 11) is 0. The molecule has 0 aliphatic heterocycles. The minimum Gasteiger partial charge on any atom is -0.244 e. The number of nitrogens with zero attached hydrogens (tertiary/aromatic N) is 2. The van der Waals surface area contributed by atoms with E-state index in [2.05, 4.69) is 61.9 Å². The molecule has 2 aromatic rings. The minimum atomic E-state index is 0.227. The summed E-state index contributed by atoms with van der Waals surface area (Å²) in [6, 6.07) is 8.80. The van der Waals surface area contributed by atoms with E-state index in [1.807, 2.05) is 6.20 Å². The van der Waals surface area contributed by atoms with Crippen molar-refractivity contribution in [1.82, 2.24) is 9.97 Å². The molecule has 2 rings (SSSR count). The van der Waals surface area contributed by atoms with Crippen LogP contribution >= 0.6 is 11.8 Å². The Bertz CT molecular complexity index is 561. The second-order valence-electron chi connectivity index (χ2n) is 5.48. The van der Waals surface area contributed by atoms with Crippen molar-refractivity contribution in [3.05, 3.63) is 42.4 Å². The molecule has 0 saturated carbocycles. The van der Waals surface area contributed by atoms with E-state index < -0.39 is 0 Å². The molecule has 0 atom stereocenters. The first kappa shape index (κ1) is 15.0. The molecule has 0 radical (unpaired) electrons. The maximum atomic E-state index is 4.45. The monoisotopic (exact) mass is 286 g/mol. The minimum absolute atomic E-state index is 0.227. The molecular formula is C17H22N2S. The normalized spacial score (nSPS) is 11.6. The lowest BCUT2D eigenvalue weighted by Crippen LogP contribution is -2.14. The van der Waals surface area contributed by atoms with E-state index in [4.69, 9.17) is 0 Å². The van der Waals surface area contributed by atoms with Gasteiger partial charge in [-0.1, -0.05) is 52.0 Å². The van der Waals surface area contributed by atoms with Crippen LogP contribution in [0.1, 0.15) is 39.7 Å². The van der Waals surface area contributed by atoms with Crippen LogP contribution in [0, 0.1) is 0 Å². The number of hydrogen-bond donors (Lipinski definition) is 0. The first-order valence-corrected chi connectivity index (χ1v) is 8.10.